The Kier molecular flexibility index (Phi) is 4.17. The lowest BCUT2D eigenvalue weighted by Crippen LogP contribution is -2.33. The molecule has 14 heavy (non-hydrogen) atoms. The molecule has 0 aliphatic carbocycles. The second-order valence-electron chi connectivity index (χ2n) is 3.35. The molecule has 0 aliphatic rings. The third-order valence-corrected chi connectivity index (χ3v) is 2.19. The zero-order valence-corrected chi connectivity index (χ0v) is 9.20. The first-order valence-electron chi connectivity index (χ1n) is 4.64. The number of nitrogens with zero attached hydrogens (tertiary/aromatic N) is 2. The van der Waals surface area contributed by atoms with Gasteiger partial charge in [-0.05, 0) is 26.0 Å². The summed E-state index contributed by atoms with van der Waals surface area (Å²) in [6.07, 6.45) is 1.61. The Hall–Kier alpha value is -0.800. The van der Waals surface area contributed by atoms with Gasteiger partial charge in [-0.3, -0.25) is 0 Å². The van der Waals surface area contributed by atoms with Gasteiger partial charge in [-0.25, -0.2) is 4.98 Å². The fourth-order valence-corrected chi connectivity index (χ4v) is 1.39. The number of hydrogen-bond donors (Lipinski definition) is 1. The van der Waals surface area contributed by atoms with E-state index < -0.39 is 0 Å². The molecule has 0 aliphatic heterocycles. The van der Waals surface area contributed by atoms with E-state index in [4.69, 9.17) is 16.7 Å². The molecule has 0 saturated heterocycles. The van der Waals surface area contributed by atoms with E-state index in [2.05, 4.69) is 18.8 Å². The van der Waals surface area contributed by atoms with Gasteiger partial charge in [0.05, 0.1) is 11.6 Å². The third-order valence-electron chi connectivity index (χ3n) is 1.97. The highest BCUT2D eigenvalue weighted by molar-refractivity contribution is 6.30. The lowest BCUT2D eigenvalue weighted by Gasteiger charge is -2.26. The van der Waals surface area contributed by atoms with Crippen LogP contribution in [0.4, 0.5) is 5.82 Å². The van der Waals surface area contributed by atoms with Gasteiger partial charge in [-0.1, -0.05) is 11.6 Å². The summed E-state index contributed by atoms with van der Waals surface area (Å²) in [5.74, 6) is 0.846. The molecular formula is C10H15ClN2O. The minimum atomic E-state index is 0.127. The molecule has 1 rings (SSSR count). The summed E-state index contributed by atoms with van der Waals surface area (Å²) >= 11 is 5.74. The molecule has 0 fully saturated rings. The van der Waals surface area contributed by atoms with Crippen LogP contribution in [0.25, 0.3) is 0 Å². The van der Waals surface area contributed by atoms with Crippen molar-refractivity contribution in [2.24, 2.45) is 0 Å². The summed E-state index contributed by atoms with van der Waals surface area (Å²) in [6.45, 7) is 4.84. The minimum absolute atomic E-state index is 0.127. The van der Waals surface area contributed by atoms with E-state index in [1.54, 1.807) is 12.3 Å². The average Bonchev–Trinajstić information content (AvgIpc) is 2.15. The third kappa shape index (κ3) is 2.86. The van der Waals surface area contributed by atoms with Crippen molar-refractivity contribution in [1.82, 2.24) is 4.98 Å². The number of aliphatic hydroxyl groups excluding tert-OH is 1. The maximum absolute atomic E-state index is 8.91. The number of aliphatic hydroxyl groups is 1. The molecule has 0 spiro atoms. The van der Waals surface area contributed by atoms with E-state index in [0.717, 1.165) is 5.82 Å². The molecule has 1 aromatic heterocycles. The maximum Gasteiger partial charge on any atom is 0.128 e. The normalized spacial score (nSPS) is 10.6. The van der Waals surface area contributed by atoms with Crippen molar-refractivity contribution in [3.8, 4) is 0 Å². The van der Waals surface area contributed by atoms with Gasteiger partial charge in [-0.15, -0.1) is 0 Å². The van der Waals surface area contributed by atoms with Crippen LogP contribution in [0.3, 0.4) is 0 Å². The summed E-state index contributed by atoms with van der Waals surface area (Å²) < 4.78 is 0. The Labute approximate surface area is 89.3 Å². The summed E-state index contributed by atoms with van der Waals surface area (Å²) in [5.41, 5.74) is 0. The van der Waals surface area contributed by atoms with Gasteiger partial charge < -0.3 is 10.0 Å². The van der Waals surface area contributed by atoms with Crippen molar-refractivity contribution in [3.63, 3.8) is 0 Å². The van der Waals surface area contributed by atoms with E-state index >= 15 is 0 Å². The monoisotopic (exact) mass is 214 g/mol. The van der Waals surface area contributed by atoms with E-state index in [1.165, 1.54) is 0 Å². The first-order valence-corrected chi connectivity index (χ1v) is 5.02. The van der Waals surface area contributed by atoms with Crippen LogP contribution in [0.2, 0.25) is 5.02 Å². The highest BCUT2D eigenvalue weighted by Crippen LogP contribution is 2.15. The highest BCUT2D eigenvalue weighted by atomic mass is 35.5. The number of rotatable bonds is 4. The number of anilines is 1. The van der Waals surface area contributed by atoms with E-state index in [9.17, 15) is 0 Å². The van der Waals surface area contributed by atoms with Gasteiger partial charge in [-0.2, -0.15) is 0 Å². The van der Waals surface area contributed by atoms with Crippen LogP contribution in [0.15, 0.2) is 18.3 Å². The van der Waals surface area contributed by atoms with Crippen LogP contribution in [0.5, 0.6) is 0 Å². The molecule has 0 radical (unpaired) electrons. The molecule has 78 valence electrons. The van der Waals surface area contributed by atoms with Gasteiger partial charge in [0, 0.05) is 18.8 Å². The van der Waals surface area contributed by atoms with E-state index in [0.29, 0.717) is 17.6 Å². The van der Waals surface area contributed by atoms with Crippen LogP contribution in [-0.4, -0.2) is 29.3 Å². The molecule has 0 atom stereocenters. The average molecular weight is 215 g/mol. The minimum Gasteiger partial charge on any atom is -0.395 e. The van der Waals surface area contributed by atoms with Crippen LogP contribution >= 0.6 is 11.6 Å². The molecule has 0 bridgehead atoms. The number of aromatic nitrogens is 1. The molecular weight excluding hydrogens is 200 g/mol. The smallest absolute Gasteiger partial charge is 0.128 e. The predicted molar refractivity (Wildman–Crippen MR) is 58.8 cm³/mol. The van der Waals surface area contributed by atoms with Gasteiger partial charge in [0.2, 0.25) is 0 Å². The quantitative estimate of drug-likeness (QED) is 0.832. The Morgan fingerprint density at radius 2 is 2.21 bits per heavy atom. The Morgan fingerprint density at radius 3 is 2.64 bits per heavy atom. The van der Waals surface area contributed by atoms with Crippen molar-refractivity contribution in [3.05, 3.63) is 23.4 Å². The molecule has 0 amide bonds. The van der Waals surface area contributed by atoms with E-state index in [-0.39, 0.29) is 6.61 Å². The Bertz CT molecular complexity index is 274. The van der Waals surface area contributed by atoms with Gasteiger partial charge in [0.15, 0.2) is 0 Å². The molecule has 0 unspecified atom stereocenters. The zero-order chi connectivity index (χ0) is 10.6. The van der Waals surface area contributed by atoms with Crippen molar-refractivity contribution in [2.45, 2.75) is 19.9 Å². The molecule has 0 saturated carbocycles. The summed E-state index contributed by atoms with van der Waals surface area (Å²) in [6, 6.07) is 3.98. The largest absolute Gasteiger partial charge is 0.395 e. The number of halogens is 1. The van der Waals surface area contributed by atoms with Crippen molar-refractivity contribution < 1.29 is 5.11 Å². The SMILES string of the molecule is CC(C)N(CCO)c1ccc(Cl)cn1. The maximum atomic E-state index is 8.91. The van der Waals surface area contributed by atoms with Crippen molar-refractivity contribution in [1.29, 1.82) is 0 Å². The molecule has 1 aromatic rings. The second-order valence-corrected chi connectivity index (χ2v) is 3.78. The van der Waals surface area contributed by atoms with Crippen molar-refractivity contribution in [2.75, 3.05) is 18.1 Å². The molecule has 1 N–H and O–H groups in total. The lowest BCUT2D eigenvalue weighted by atomic mass is 10.3. The first kappa shape index (κ1) is 11.3. The number of hydrogen-bond acceptors (Lipinski definition) is 3. The summed E-state index contributed by atoms with van der Waals surface area (Å²) in [4.78, 5) is 6.23. The van der Waals surface area contributed by atoms with Crippen LogP contribution in [0, 0.1) is 0 Å². The van der Waals surface area contributed by atoms with Crippen molar-refractivity contribution >= 4 is 17.4 Å². The fourth-order valence-electron chi connectivity index (χ4n) is 1.28. The summed E-state index contributed by atoms with van der Waals surface area (Å²) in [5, 5.41) is 9.53. The first-order chi connectivity index (χ1) is 6.65. The van der Waals surface area contributed by atoms with Crippen LogP contribution < -0.4 is 4.90 Å². The summed E-state index contributed by atoms with van der Waals surface area (Å²) in [7, 11) is 0. The highest BCUT2D eigenvalue weighted by Gasteiger charge is 2.10. The lowest BCUT2D eigenvalue weighted by molar-refractivity contribution is 0.298. The Balaban J connectivity index is 2.82. The second kappa shape index (κ2) is 5.17. The molecule has 1 heterocycles. The standard InChI is InChI=1S/C10H15ClN2O/c1-8(2)13(5-6-14)10-4-3-9(11)7-12-10/h3-4,7-8,14H,5-6H2,1-2H3. The van der Waals surface area contributed by atoms with E-state index in [1.807, 2.05) is 11.0 Å². The number of pyridine rings is 1. The zero-order valence-electron chi connectivity index (χ0n) is 8.44. The van der Waals surface area contributed by atoms with Gasteiger partial charge in [0.1, 0.15) is 5.82 Å². The molecule has 0 aromatic carbocycles. The Morgan fingerprint density at radius 1 is 1.50 bits per heavy atom. The molecule has 3 nitrogen and oxygen atoms in total. The van der Waals surface area contributed by atoms with Gasteiger partial charge in [0.25, 0.3) is 0 Å². The molecule has 4 heteroatoms. The van der Waals surface area contributed by atoms with Crippen LogP contribution in [-0.2, 0) is 0 Å². The van der Waals surface area contributed by atoms with Crippen LogP contribution in [0.1, 0.15) is 13.8 Å². The predicted octanol–water partition coefficient (Wildman–Crippen LogP) is 1.94. The fraction of sp³-hybridized carbons (Fsp3) is 0.500. The topological polar surface area (TPSA) is 36.4 Å². The van der Waals surface area contributed by atoms with Gasteiger partial charge >= 0.3 is 0 Å².